The van der Waals surface area contributed by atoms with Crippen LogP contribution < -0.4 is 0 Å². The highest BCUT2D eigenvalue weighted by Gasteiger charge is 2.58. The van der Waals surface area contributed by atoms with E-state index in [1.807, 2.05) is 0 Å². The van der Waals surface area contributed by atoms with E-state index in [9.17, 15) is 13.9 Å². The Morgan fingerprint density at radius 2 is 1.80 bits per heavy atom. The van der Waals surface area contributed by atoms with Crippen LogP contribution in [-0.2, 0) is 6.54 Å². The summed E-state index contributed by atoms with van der Waals surface area (Å²) in [5.74, 6) is 3.40. The SMILES string of the molecule is C=C(Cn1nccn1)[C@H]1CC[C@H]2[C@@H]3CC[C@H]4C[C@](O)(C(F)F)CC[C@@H]4[C@H]3CC[C@]12C. The van der Waals surface area contributed by atoms with Crippen molar-refractivity contribution in [1.29, 1.82) is 0 Å². The summed E-state index contributed by atoms with van der Waals surface area (Å²) >= 11 is 0. The van der Waals surface area contributed by atoms with Crippen molar-refractivity contribution in [2.45, 2.75) is 83.3 Å². The molecule has 1 aromatic heterocycles. The zero-order valence-corrected chi connectivity index (χ0v) is 18.0. The van der Waals surface area contributed by atoms with Crippen LogP contribution in [0.2, 0.25) is 0 Å². The van der Waals surface area contributed by atoms with Crippen LogP contribution in [0.4, 0.5) is 8.78 Å². The molecule has 30 heavy (non-hydrogen) atoms. The van der Waals surface area contributed by atoms with Gasteiger partial charge >= 0.3 is 0 Å². The van der Waals surface area contributed by atoms with Crippen LogP contribution in [-0.4, -0.2) is 32.1 Å². The monoisotopic (exact) mass is 419 g/mol. The lowest BCUT2D eigenvalue weighted by molar-refractivity contribution is -0.159. The summed E-state index contributed by atoms with van der Waals surface area (Å²) < 4.78 is 26.8. The molecule has 4 nitrogen and oxygen atoms in total. The second-order valence-corrected chi connectivity index (χ2v) is 11.0. The van der Waals surface area contributed by atoms with Crippen LogP contribution in [0.25, 0.3) is 0 Å². The van der Waals surface area contributed by atoms with Crippen molar-refractivity contribution >= 4 is 0 Å². The number of aliphatic hydroxyl groups is 1. The molecule has 0 unspecified atom stereocenters. The minimum Gasteiger partial charge on any atom is -0.384 e. The van der Waals surface area contributed by atoms with E-state index in [1.165, 1.54) is 31.3 Å². The summed E-state index contributed by atoms with van der Waals surface area (Å²) in [6.45, 7) is 7.63. The van der Waals surface area contributed by atoms with E-state index in [-0.39, 0.29) is 17.8 Å². The molecule has 166 valence electrons. The molecule has 5 rings (SSSR count). The molecule has 6 heteroatoms. The van der Waals surface area contributed by atoms with E-state index in [0.717, 1.165) is 19.3 Å². The summed E-state index contributed by atoms with van der Waals surface area (Å²) in [6.07, 6.45) is 9.19. The number of nitrogens with zero attached hydrogens (tertiary/aromatic N) is 3. The van der Waals surface area contributed by atoms with E-state index < -0.39 is 12.0 Å². The van der Waals surface area contributed by atoms with Gasteiger partial charge in [-0.05, 0) is 98.7 Å². The van der Waals surface area contributed by atoms with E-state index in [0.29, 0.717) is 42.6 Å². The lowest BCUT2D eigenvalue weighted by Crippen LogP contribution is -2.52. The third kappa shape index (κ3) is 3.16. The average molecular weight is 420 g/mol. The molecule has 4 fully saturated rings. The van der Waals surface area contributed by atoms with E-state index in [4.69, 9.17) is 0 Å². The highest BCUT2D eigenvalue weighted by molar-refractivity contribution is 5.15. The molecular formula is C24H35F2N3O. The van der Waals surface area contributed by atoms with Crippen molar-refractivity contribution in [2.24, 2.45) is 40.9 Å². The van der Waals surface area contributed by atoms with E-state index in [2.05, 4.69) is 23.7 Å². The number of hydrogen-bond donors (Lipinski definition) is 1. The zero-order chi connectivity index (χ0) is 21.1. The fraction of sp³-hybridized carbons (Fsp3) is 0.833. The zero-order valence-electron chi connectivity index (χ0n) is 18.0. The fourth-order valence-corrected chi connectivity index (χ4v) is 8.40. The maximum absolute atomic E-state index is 13.4. The van der Waals surface area contributed by atoms with Gasteiger partial charge < -0.3 is 5.11 Å². The molecule has 0 radical (unpaired) electrons. The topological polar surface area (TPSA) is 50.9 Å². The van der Waals surface area contributed by atoms with Crippen LogP contribution in [0.1, 0.15) is 64.7 Å². The summed E-state index contributed by atoms with van der Waals surface area (Å²) in [4.78, 5) is 1.74. The minimum atomic E-state index is -2.61. The maximum atomic E-state index is 13.4. The Balaban J connectivity index is 1.30. The standard InChI is InChI=1S/C24H35F2N3O/c1-15(14-29-27-11-12-28-29)20-5-6-21-19-4-3-16-13-24(30,22(25)26)10-8-17(16)18(19)7-9-23(20,21)2/h11-12,16-22,30H,1,3-10,13-14H2,2H3/t16-,17-,18+,19+,20+,21-,23+,24-/m0/s1. The number of alkyl halides is 2. The molecule has 1 N–H and O–H groups in total. The van der Waals surface area contributed by atoms with Gasteiger partial charge in [0.15, 0.2) is 0 Å². The van der Waals surface area contributed by atoms with Crippen molar-refractivity contribution in [2.75, 3.05) is 0 Å². The van der Waals surface area contributed by atoms with Crippen LogP contribution in [0.5, 0.6) is 0 Å². The molecule has 0 amide bonds. The lowest BCUT2D eigenvalue weighted by Gasteiger charge is -2.57. The summed E-state index contributed by atoms with van der Waals surface area (Å²) in [7, 11) is 0. The van der Waals surface area contributed by atoms with E-state index >= 15 is 0 Å². The number of fused-ring (bicyclic) bond motifs is 5. The Morgan fingerprint density at radius 1 is 1.07 bits per heavy atom. The van der Waals surface area contributed by atoms with Crippen molar-refractivity contribution < 1.29 is 13.9 Å². The highest BCUT2D eigenvalue weighted by atomic mass is 19.3. The first-order chi connectivity index (χ1) is 14.3. The van der Waals surface area contributed by atoms with Crippen LogP contribution in [0.3, 0.4) is 0 Å². The quantitative estimate of drug-likeness (QED) is 0.691. The number of hydrogen-bond acceptors (Lipinski definition) is 3. The third-order valence-electron chi connectivity index (χ3n) is 9.76. The molecule has 0 spiro atoms. The maximum Gasteiger partial charge on any atom is 0.266 e. The molecule has 4 saturated carbocycles. The fourth-order valence-electron chi connectivity index (χ4n) is 8.40. The molecule has 1 aromatic rings. The van der Waals surface area contributed by atoms with E-state index in [1.54, 1.807) is 17.2 Å². The Morgan fingerprint density at radius 3 is 2.53 bits per heavy atom. The van der Waals surface area contributed by atoms with Crippen molar-refractivity contribution in [1.82, 2.24) is 15.0 Å². The summed E-state index contributed by atoms with van der Waals surface area (Å²) in [5.41, 5.74) is -0.201. The Hall–Kier alpha value is -1.30. The van der Waals surface area contributed by atoms with Crippen molar-refractivity contribution in [3.63, 3.8) is 0 Å². The predicted octanol–water partition coefficient (Wildman–Crippen LogP) is 5.10. The molecule has 0 saturated heterocycles. The third-order valence-corrected chi connectivity index (χ3v) is 9.76. The van der Waals surface area contributed by atoms with Crippen molar-refractivity contribution in [3.8, 4) is 0 Å². The smallest absolute Gasteiger partial charge is 0.266 e. The molecule has 4 aliphatic carbocycles. The van der Waals surface area contributed by atoms with Gasteiger partial charge in [0.05, 0.1) is 18.9 Å². The lowest BCUT2D eigenvalue weighted by atomic mass is 9.48. The van der Waals surface area contributed by atoms with Gasteiger partial charge in [-0.1, -0.05) is 19.1 Å². The largest absolute Gasteiger partial charge is 0.384 e. The van der Waals surface area contributed by atoms with Crippen molar-refractivity contribution in [3.05, 3.63) is 24.5 Å². The second-order valence-electron chi connectivity index (χ2n) is 11.0. The second kappa shape index (κ2) is 7.39. The van der Waals surface area contributed by atoms with Gasteiger partial charge in [-0.3, -0.25) is 0 Å². The first-order valence-corrected chi connectivity index (χ1v) is 11.8. The molecule has 8 atom stereocenters. The Bertz CT molecular complexity index is 783. The Labute approximate surface area is 178 Å². The highest BCUT2D eigenvalue weighted by Crippen LogP contribution is 2.65. The van der Waals surface area contributed by atoms with Gasteiger partial charge in [-0.25, -0.2) is 8.78 Å². The van der Waals surface area contributed by atoms with Gasteiger partial charge in [-0.2, -0.15) is 15.0 Å². The molecule has 4 aliphatic rings. The number of aromatic nitrogens is 3. The van der Waals surface area contributed by atoms with Gasteiger partial charge in [0, 0.05) is 0 Å². The summed E-state index contributed by atoms with van der Waals surface area (Å²) in [5, 5.41) is 18.9. The molecule has 1 heterocycles. The molecule has 0 aromatic carbocycles. The first-order valence-electron chi connectivity index (χ1n) is 11.8. The van der Waals surface area contributed by atoms with Crippen LogP contribution in [0.15, 0.2) is 24.5 Å². The minimum absolute atomic E-state index is 0.271. The first kappa shape index (κ1) is 20.6. The molecule has 0 aliphatic heterocycles. The number of allylic oxidation sites excluding steroid dienone is 1. The van der Waals surface area contributed by atoms with Gasteiger partial charge in [0.2, 0.25) is 0 Å². The molecule has 0 bridgehead atoms. The average Bonchev–Trinajstić information content (AvgIpc) is 3.34. The van der Waals surface area contributed by atoms with Crippen LogP contribution in [0, 0.1) is 40.9 Å². The van der Waals surface area contributed by atoms with Gasteiger partial charge in [-0.15, -0.1) is 0 Å². The van der Waals surface area contributed by atoms with Gasteiger partial charge in [0.1, 0.15) is 5.60 Å². The normalized spacial score (nSPS) is 45.6. The Kier molecular flexibility index (Phi) is 5.07. The molecular weight excluding hydrogens is 384 g/mol. The predicted molar refractivity (Wildman–Crippen MR) is 111 cm³/mol. The number of halogens is 2. The van der Waals surface area contributed by atoms with Crippen LogP contribution >= 0.6 is 0 Å². The number of rotatable bonds is 4. The summed E-state index contributed by atoms with van der Waals surface area (Å²) in [6, 6.07) is 0. The van der Waals surface area contributed by atoms with Gasteiger partial charge in [0.25, 0.3) is 6.43 Å².